The number of hydrogen-bond donors (Lipinski definition) is 1. The van der Waals surface area contributed by atoms with Crippen molar-refractivity contribution in [2.75, 3.05) is 39.4 Å². The second kappa shape index (κ2) is 8.30. The summed E-state index contributed by atoms with van der Waals surface area (Å²) in [6, 6.07) is 7.01. The molecule has 0 amide bonds. The lowest BCUT2D eigenvalue weighted by Gasteiger charge is -2.44. The summed E-state index contributed by atoms with van der Waals surface area (Å²) in [6.45, 7) is 5.12. The highest BCUT2D eigenvalue weighted by Crippen LogP contribution is 2.31. The van der Waals surface area contributed by atoms with Gasteiger partial charge in [0.05, 0.1) is 0 Å². The summed E-state index contributed by atoms with van der Waals surface area (Å²) in [7, 11) is 0. The second-order valence-electron chi connectivity index (χ2n) is 7.85. The van der Waals surface area contributed by atoms with Gasteiger partial charge in [0, 0.05) is 55.5 Å². The van der Waals surface area contributed by atoms with Crippen molar-refractivity contribution in [3.8, 4) is 5.75 Å². The van der Waals surface area contributed by atoms with Gasteiger partial charge < -0.3 is 9.84 Å². The number of benzene rings is 1. The van der Waals surface area contributed by atoms with Crippen LogP contribution in [0.5, 0.6) is 5.75 Å². The maximum atomic E-state index is 9.53. The van der Waals surface area contributed by atoms with Gasteiger partial charge in [-0.3, -0.25) is 9.80 Å². The van der Waals surface area contributed by atoms with E-state index in [2.05, 4.69) is 15.9 Å². The van der Waals surface area contributed by atoms with E-state index in [1.165, 1.54) is 31.3 Å². The lowest BCUT2D eigenvalue weighted by atomic mass is 10.0. The molecule has 4 rings (SSSR count). The van der Waals surface area contributed by atoms with Crippen LogP contribution in [0.25, 0.3) is 6.08 Å². The van der Waals surface area contributed by atoms with E-state index in [4.69, 9.17) is 16.3 Å². The first-order valence-corrected chi connectivity index (χ1v) is 10.3. The molecule has 1 aromatic carbocycles. The van der Waals surface area contributed by atoms with Crippen LogP contribution < -0.4 is 4.74 Å². The highest BCUT2D eigenvalue weighted by Gasteiger charge is 2.33. The number of hydrogen-bond acceptors (Lipinski definition) is 4. The van der Waals surface area contributed by atoms with Gasteiger partial charge in [-0.1, -0.05) is 24.4 Å². The maximum absolute atomic E-state index is 9.53. The van der Waals surface area contributed by atoms with Crippen LogP contribution in [-0.4, -0.2) is 66.4 Å². The van der Waals surface area contributed by atoms with E-state index in [-0.39, 0.29) is 6.61 Å². The fraction of sp³-hybridized carbons (Fsp3) is 0.619. The number of aliphatic hydroxyl groups is 1. The normalized spacial score (nSPS) is 25.0. The van der Waals surface area contributed by atoms with Gasteiger partial charge in [0.2, 0.25) is 0 Å². The largest absolute Gasteiger partial charge is 0.489 e. The Bertz CT molecular complexity index is 657. The molecule has 4 nitrogen and oxygen atoms in total. The molecule has 0 bridgehead atoms. The second-order valence-corrected chi connectivity index (χ2v) is 8.29. The van der Waals surface area contributed by atoms with Crippen molar-refractivity contribution in [3.05, 3.63) is 34.4 Å². The standard InChI is InChI=1S/C21H29ClN2O2/c22-18-5-6-21-17(12-18)11-16(15-26-21)13-23-8-9-24(19-3-1-2-4-19)20(14-23)7-10-25/h5-6,11-12,19-20,25H,1-4,7-10,13-15H2. The molecule has 0 aromatic heterocycles. The number of aliphatic hydroxyl groups excluding tert-OH is 1. The molecule has 0 radical (unpaired) electrons. The molecule has 1 atom stereocenters. The Morgan fingerprint density at radius 3 is 2.85 bits per heavy atom. The predicted octanol–water partition coefficient (Wildman–Crippen LogP) is 3.43. The van der Waals surface area contributed by atoms with Crippen LogP contribution in [0, 0.1) is 0 Å². The molecule has 0 spiro atoms. The Kier molecular flexibility index (Phi) is 5.84. The van der Waals surface area contributed by atoms with Gasteiger partial charge in [-0.25, -0.2) is 0 Å². The third-order valence-electron chi connectivity index (χ3n) is 6.04. The van der Waals surface area contributed by atoms with Crippen molar-refractivity contribution in [1.82, 2.24) is 9.80 Å². The molecule has 1 aliphatic carbocycles. The van der Waals surface area contributed by atoms with E-state index in [0.29, 0.717) is 12.6 Å². The van der Waals surface area contributed by atoms with Gasteiger partial charge in [0.15, 0.2) is 0 Å². The Balaban J connectivity index is 1.41. The van der Waals surface area contributed by atoms with E-state index >= 15 is 0 Å². The van der Waals surface area contributed by atoms with Crippen molar-refractivity contribution in [3.63, 3.8) is 0 Å². The summed E-state index contributed by atoms with van der Waals surface area (Å²) < 4.78 is 5.91. The molecule has 2 fully saturated rings. The number of fused-ring (bicyclic) bond motifs is 1. The summed E-state index contributed by atoms with van der Waals surface area (Å²) in [5.74, 6) is 0.919. The third-order valence-corrected chi connectivity index (χ3v) is 6.27. The topological polar surface area (TPSA) is 35.9 Å². The van der Waals surface area contributed by atoms with Crippen LogP contribution in [-0.2, 0) is 0 Å². The van der Waals surface area contributed by atoms with Crippen molar-refractivity contribution >= 4 is 17.7 Å². The zero-order chi connectivity index (χ0) is 17.9. The van der Waals surface area contributed by atoms with E-state index in [9.17, 15) is 5.11 Å². The van der Waals surface area contributed by atoms with Gasteiger partial charge in [-0.2, -0.15) is 0 Å². The molecule has 2 heterocycles. The molecule has 3 aliphatic rings. The molecule has 2 aliphatic heterocycles. The Morgan fingerprint density at radius 1 is 1.19 bits per heavy atom. The van der Waals surface area contributed by atoms with Crippen LogP contribution in [0.1, 0.15) is 37.7 Å². The quantitative estimate of drug-likeness (QED) is 0.854. The van der Waals surface area contributed by atoms with E-state index in [1.54, 1.807) is 0 Å². The summed E-state index contributed by atoms with van der Waals surface area (Å²) in [4.78, 5) is 5.21. The molecule has 5 heteroatoms. The smallest absolute Gasteiger partial charge is 0.127 e. The van der Waals surface area contributed by atoms with Crippen LogP contribution in [0.15, 0.2) is 23.8 Å². The highest BCUT2D eigenvalue weighted by molar-refractivity contribution is 6.30. The van der Waals surface area contributed by atoms with Crippen molar-refractivity contribution in [2.24, 2.45) is 0 Å². The zero-order valence-electron chi connectivity index (χ0n) is 15.4. The van der Waals surface area contributed by atoms with Gasteiger partial charge in [-0.15, -0.1) is 0 Å². The molecule has 26 heavy (non-hydrogen) atoms. The first-order valence-electron chi connectivity index (χ1n) is 9.93. The Morgan fingerprint density at radius 2 is 2.04 bits per heavy atom. The van der Waals surface area contributed by atoms with Crippen molar-refractivity contribution < 1.29 is 9.84 Å². The molecule has 1 aromatic rings. The van der Waals surface area contributed by atoms with E-state index in [0.717, 1.165) is 55.0 Å². The van der Waals surface area contributed by atoms with Gasteiger partial charge >= 0.3 is 0 Å². The van der Waals surface area contributed by atoms with E-state index < -0.39 is 0 Å². The predicted molar refractivity (Wildman–Crippen MR) is 106 cm³/mol. The number of ether oxygens (including phenoxy) is 1. The minimum atomic E-state index is 0.277. The monoisotopic (exact) mass is 376 g/mol. The van der Waals surface area contributed by atoms with Crippen LogP contribution in [0.4, 0.5) is 0 Å². The Labute approximate surface area is 161 Å². The number of rotatable bonds is 5. The molecule has 1 saturated heterocycles. The number of nitrogens with zero attached hydrogens (tertiary/aromatic N) is 2. The number of piperazine rings is 1. The average Bonchev–Trinajstić information content (AvgIpc) is 3.16. The first kappa shape index (κ1) is 18.3. The summed E-state index contributed by atoms with van der Waals surface area (Å²) in [5, 5.41) is 10.3. The summed E-state index contributed by atoms with van der Waals surface area (Å²) >= 11 is 6.12. The summed E-state index contributed by atoms with van der Waals surface area (Å²) in [6.07, 6.45) is 8.50. The minimum absolute atomic E-state index is 0.277. The molecule has 1 saturated carbocycles. The van der Waals surface area contributed by atoms with Crippen LogP contribution >= 0.6 is 11.6 Å². The molecule has 1 unspecified atom stereocenters. The Hall–Kier alpha value is -1.07. The van der Waals surface area contributed by atoms with Crippen LogP contribution in [0.2, 0.25) is 5.02 Å². The van der Waals surface area contributed by atoms with Gasteiger partial charge in [0.1, 0.15) is 12.4 Å². The highest BCUT2D eigenvalue weighted by atomic mass is 35.5. The van der Waals surface area contributed by atoms with Gasteiger partial charge in [0.25, 0.3) is 0 Å². The SMILES string of the molecule is OCCC1CN(CC2=Cc3cc(Cl)ccc3OC2)CCN1C1CCCC1. The van der Waals surface area contributed by atoms with Crippen molar-refractivity contribution in [1.29, 1.82) is 0 Å². The lowest BCUT2D eigenvalue weighted by molar-refractivity contribution is 0.0330. The maximum Gasteiger partial charge on any atom is 0.127 e. The fourth-order valence-corrected chi connectivity index (χ4v) is 4.95. The van der Waals surface area contributed by atoms with E-state index in [1.807, 2.05) is 18.2 Å². The van der Waals surface area contributed by atoms with Crippen molar-refractivity contribution in [2.45, 2.75) is 44.2 Å². The number of halogens is 1. The zero-order valence-corrected chi connectivity index (χ0v) is 16.1. The summed E-state index contributed by atoms with van der Waals surface area (Å²) in [5.41, 5.74) is 2.38. The lowest BCUT2D eigenvalue weighted by Crippen LogP contribution is -2.56. The first-order chi connectivity index (χ1) is 12.7. The van der Waals surface area contributed by atoms with Gasteiger partial charge in [-0.05, 0) is 49.1 Å². The molecule has 142 valence electrons. The fourth-order valence-electron chi connectivity index (χ4n) is 4.77. The molecule has 1 N–H and O–H groups in total. The molecular formula is C21H29ClN2O2. The minimum Gasteiger partial charge on any atom is -0.489 e. The van der Waals surface area contributed by atoms with Crippen LogP contribution in [0.3, 0.4) is 0 Å². The third kappa shape index (κ3) is 4.09. The average molecular weight is 377 g/mol. The molecular weight excluding hydrogens is 348 g/mol.